The fourth-order valence-corrected chi connectivity index (χ4v) is 4.70. The molecule has 1 aliphatic heterocycles. The van der Waals surface area contributed by atoms with Crippen molar-refractivity contribution < 1.29 is 23.1 Å². The number of Topliss-reactive ketones (excluding diaryl/α,β-unsaturated/α-hetero) is 1. The number of aliphatic hydroxyl groups is 1. The Bertz CT molecular complexity index is 1120. The minimum Gasteiger partial charge on any atom is -0.505 e. The van der Waals surface area contributed by atoms with Gasteiger partial charge in [-0.1, -0.05) is 24.3 Å². The second kappa shape index (κ2) is 7.71. The van der Waals surface area contributed by atoms with Crippen LogP contribution in [0, 0.1) is 0 Å². The number of aliphatic hydroxyl groups excluding tert-OH is 1. The molecular weight excluding hydrogens is 392 g/mol. The summed E-state index contributed by atoms with van der Waals surface area (Å²) in [5.41, 5.74) is 0.160. The van der Waals surface area contributed by atoms with Gasteiger partial charge in [-0.25, -0.2) is 8.42 Å². The molecule has 29 heavy (non-hydrogen) atoms. The second-order valence-electron chi connectivity index (χ2n) is 6.55. The van der Waals surface area contributed by atoms with Gasteiger partial charge in [0.25, 0.3) is 15.9 Å². The molecule has 3 rings (SSSR count). The fourth-order valence-electron chi connectivity index (χ4n) is 3.31. The van der Waals surface area contributed by atoms with Gasteiger partial charge < -0.3 is 10.0 Å². The highest BCUT2D eigenvalue weighted by Crippen LogP contribution is 2.35. The molecule has 1 amide bonds. The number of allylic oxidation sites excluding steroid dienone is 1. The van der Waals surface area contributed by atoms with Crippen LogP contribution in [0.5, 0.6) is 0 Å². The molecule has 1 N–H and O–H groups in total. The van der Waals surface area contributed by atoms with Gasteiger partial charge in [0, 0.05) is 36.8 Å². The van der Waals surface area contributed by atoms with E-state index in [1.807, 2.05) is 13.8 Å². The van der Waals surface area contributed by atoms with Crippen LogP contribution in [0.15, 0.2) is 59.1 Å². The van der Waals surface area contributed by atoms with Crippen LogP contribution >= 0.6 is 0 Å². The van der Waals surface area contributed by atoms with Gasteiger partial charge in [0.1, 0.15) is 5.70 Å². The lowest BCUT2D eigenvalue weighted by atomic mass is 10.0. The fraction of sp³-hybridized carbons (Fsp3) is 0.238. The maximum absolute atomic E-state index is 13.2. The minimum atomic E-state index is -3.98. The van der Waals surface area contributed by atoms with Crippen molar-refractivity contribution in [2.75, 3.05) is 20.1 Å². The summed E-state index contributed by atoms with van der Waals surface area (Å²) in [6.45, 7) is 4.77. The predicted molar refractivity (Wildman–Crippen MR) is 109 cm³/mol. The molecule has 2 aromatic carbocycles. The third kappa shape index (κ3) is 3.40. The standard InChI is InChI=1S/C21H22N2O5S/c1-4-23(5-2)21(26)15-10-8-9-14(13-15)19(24)18-20(25)16-11-6-7-12-17(16)29(27,28)22(18)3/h6-13,25H,4-5H2,1-3H3. The van der Waals surface area contributed by atoms with Crippen molar-refractivity contribution in [3.05, 3.63) is 70.9 Å². The van der Waals surface area contributed by atoms with Gasteiger partial charge in [0.2, 0.25) is 5.78 Å². The van der Waals surface area contributed by atoms with Crippen LogP contribution in [0.2, 0.25) is 0 Å². The molecule has 152 valence electrons. The molecule has 0 spiro atoms. The Kier molecular flexibility index (Phi) is 5.48. The zero-order valence-corrected chi connectivity index (χ0v) is 17.2. The van der Waals surface area contributed by atoms with E-state index in [-0.39, 0.29) is 27.6 Å². The Balaban J connectivity index is 2.10. The Morgan fingerprint density at radius 3 is 2.28 bits per heavy atom. The van der Waals surface area contributed by atoms with Gasteiger partial charge in [0.05, 0.1) is 4.90 Å². The molecule has 2 aromatic rings. The summed E-state index contributed by atoms with van der Waals surface area (Å²) in [6, 6.07) is 12.0. The Hall–Kier alpha value is -3.13. The average Bonchev–Trinajstić information content (AvgIpc) is 2.73. The van der Waals surface area contributed by atoms with E-state index in [1.54, 1.807) is 29.2 Å². The topological polar surface area (TPSA) is 95.0 Å². The van der Waals surface area contributed by atoms with Gasteiger partial charge >= 0.3 is 0 Å². The van der Waals surface area contributed by atoms with E-state index in [0.29, 0.717) is 18.7 Å². The van der Waals surface area contributed by atoms with Crippen LogP contribution < -0.4 is 0 Å². The smallest absolute Gasteiger partial charge is 0.265 e. The Morgan fingerprint density at radius 1 is 1.00 bits per heavy atom. The Labute approximate surface area is 169 Å². The first-order valence-corrected chi connectivity index (χ1v) is 10.6. The highest BCUT2D eigenvalue weighted by atomic mass is 32.2. The van der Waals surface area contributed by atoms with Crippen LogP contribution in [0.3, 0.4) is 0 Å². The van der Waals surface area contributed by atoms with E-state index in [0.717, 1.165) is 4.31 Å². The minimum absolute atomic E-state index is 0.0676. The first-order valence-electron chi connectivity index (χ1n) is 9.19. The molecular formula is C21H22N2O5S. The van der Waals surface area contributed by atoms with Crippen molar-refractivity contribution in [2.24, 2.45) is 0 Å². The number of sulfonamides is 1. The summed E-state index contributed by atoms with van der Waals surface area (Å²) < 4.78 is 26.4. The van der Waals surface area contributed by atoms with E-state index < -0.39 is 21.6 Å². The van der Waals surface area contributed by atoms with Crippen LogP contribution in [-0.4, -0.2) is 54.6 Å². The molecule has 0 bridgehead atoms. The van der Waals surface area contributed by atoms with Crippen LogP contribution in [-0.2, 0) is 10.0 Å². The summed E-state index contributed by atoms with van der Waals surface area (Å²) in [5.74, 6) is -1.32. The van der Waals surface area contributed by atoms with Crippen molar-refractivity contribution in [2.45, 2.75) is 18.7 Å². The van der Waals surface area contributed by atoms with Gasteiger partial charge in [-0.05, 0) is 38.1 Å². The number of hydrogen-bond donors (Lipinski definition) is 1. The van der Waals surface area contributed by atoms with E-state index in [9.17, 15) is 23.1 Å². The number of benzene rings is 2. The van der Waals surface area contributed by atoms with Gasteiger partial charge in [-0.15, -0.1) is 0 Å². The quantitative estimate of drug-likeness (QED) is 0.759. The van der Waals surface area contributed by atoms with Crippen molar-refractivity contribution in [1.29, 1.82) is 0 Å². The lowest BCUT2D eigenvalue weighted by molar-refractivity contribution is 0.0773. The molecule has 7 nitrogen and oxygen atoms in total. The number of ketones is 1. The third-order valence-electron chi connectivity index (χ3n) is 4.96. The van der Waals surface area contributed by atoms with E-state index in [1.165, 1.54) is 31.3 Å². The van der Waals surface area contributed by atoms with Crippen LogP contribution in [0.25, 0.3) is 5.76 Å². The van der Waals surface area contributed by atoms with Crippen molar-refractivity contribution in [3.63, 3.8) is 0 Å². The second-order valence-corrected chi connectivity index (χ2v) is 8.49. The first kappa shape index (κ1) is 20.6. The molecule has 1 aliphatic rings. The van der Waals surface area contributed by atoms with Crippen LogP contribution in [0.4, 0.5) is 0 Å². The third-order valence-corrected chi connectivity index (χ3v) is 6.77. The molecule has 0 aromatic heterocycles. The molecule has 0 radical (unpaired) electrons. The van der Waals surface area contributed by atoms with E-state index >= 15 is 0 Å². The maximum atomic E-state index is 13.2. The van der Waals surface area contributed by atoms with Crippen LogP contribution in [0.1, 0.15) is 40.1 Å². The first-order chi connectivity index (χ1) is 13.7. The largest absolute Gasteiger partial charge is 0.505 e. The number of hydrogen-bond acceptors (Lipinski definition) is 5. The lowest BCUT2D eigenvalue weighted by Gasteiger charge is -2.28. The number of amides is 1. The highest BCUT2D eigenvalue weighted by molar-refractivity contribution is 7.89. The van der Waals surface area contributed by atoms with Gasteiger partial charge in [-0.3, -0.25) is 13.9 Å². The van der Waals surface area contributed by atoms with Gasteiger partial charge in [0.15, 0.2) is 5.76 Å². The monoisotopic (exact) mass is 414 g/mol. The summed E-state index contributed by atoms with van der Waals surface area (Å²) in [5, 5.41) is 10.7. The number of carbonyl (C=O) groups is 2. The number of rotatable bonds is 5. The van der Waals surface area contributed by atoms with E-state index in [2.05, 4.69) is 0 Å². The summed E-state index contributed by atoms with van der Waals surface area (Å²) in [7, 11) is -2.76. The molecule has 0 saturated carbocycles. The molecule has 0 aliphatic carbocycles. The summed E-state index contributed by atoms with van der Waals surface area (Å²) in [6.07, 6.45) is 0. The number of nitrogens with zero attached hydrogens (tertiary/aromatic N) is 2. The zero-order valence-electron chi connectivity index (χ0n) is 16.4. The number of fused-ring (bicyclic) bond motifs is 1. The lowest BCUT2D eigenvalue weighted by Crippen LogP contribution is -2.35. The zero-order chi connectivity index (χ0) is 21.3. The molecule has 0 atom stereocenters. The van der Waals surface area contributed by atoms with Gasteiger partial charge in [-0.2, -0.15) is 0 Å². The number of likely N-dealkylation sites (N-methyl/N-ethyl adjacent to an activating group) is 1. The molecule has 0 unspecified atom stereocenters. The average molecular weight is 414 g/mol. The summed E-state index contributed by atoms with van der Waals surface area (Å²) >= 11 is 0. The molecule has 0 fully saturated rings. The molecule has 0 saturated heterocycles. The Morgan fingerprint density at radius 2 is 1.62 bits per heavy atom. The number of carbonyl (C=O) groups excluding carboxylic acids is 2. The highest BCUT2D eigenvalue weighted by Gasteiger charge is 2.38. The van der Waals surface area contributed by atoms with Crippen molar-refractivity contribution in [3.8, 4) is 0 Å². The van der Waals surface area contributed by atoms with Crippen molar-refractivity contribution in [1.82, 2.24) is 9.21 Å². The summed E-state index contributed by atoms with van der Waals surface area (Å²) in [4.78, 5) is 27.3. The van der Waals surface area contributed by atoms with E-state index in [4.69, 9.17) is 0 Å². The predicted octanol–water partition coefficient (Wildman–Crippen LogP) is 2.91. The van der Waals surface area contributed by atoms with Crippen molar-refractivity contribution >= 4 is 27.5 Å². The maximum Gasteiger partial charge on any atom is 0.265 e. The SMILES string of the molecule is CCN(CC)C(=O)c1cccc(C(=O)C2=C(O)c3ccccc3S(=O)(=O)N2C)c1. The molecule has 8 heteroatoms. The molecule has 1 heterocycles. The normalized spacial score (nSPS) is 15.1.